The Hall–Kier alpha value is -1.59. The molecule has 0 rings (SSSR count). The predicted molar refractivity (Wildman–Crippen MR) is 247 cm³/mol. The van der Waals surface area contributed by atoms with Gasteiger partial charge < -0.3 is 14.2 Å². The molecule has 344 valence electrons. The smallest absolute Gasteiger partial charge is 0.306 e. The van der Waals surface area contributed by atoms with Gasteiger partial charge in [-0.05, 0) is 25.2 Å². The minimum absolute atomic E-state index is 0.0628. The molecule has 6 heteroatoms. The summed E-state index contributed by atoms with van der Waals surface area (Å²) in [5.41, 5.74) is 0. The van der Waals surface area contributed by atoms with Gasteiger partial charge >= 0.3 is 17.9 Å². The maximum atomic E-state index is 12.8. The Bertz CT molecular complexity index is 874. The van der Waals surface area contributed by atoms with Crippen LogP contribution in [0.2, 0.25) is 0 Å². The van der Waals surface area contributed by atoms with Crippen molar-refractivity contribution in [2.24, 2.45) is 5.92 Å². The van der Waals surface area contributed by atoms with Crippen molar-refractivity contribution in [2.45, 2.75) is 297 Å². The summed E-state index contributed by atoms with van der Waals surface area (Å²) in [5, 5.41) is 0. The molecule has 58 heavy (non-hydrogen) atoms. The Labute approximate surface area is 361 Å². The van der Waals surface area contributed by atoms with Crippen molar-refractivity contribution >= 4 is 17.9 Å². The topological polar surface area (TPSA) is 78.9 Å². The molecule has 0 aromatic rings. The van der Waals surface area contributed by atoms with E-state index in [-0.39, 0.29) is 31.1 Å². The fraction of sp³-hybridized carbons (Fsp3) is 0.942. The second-order valence-corrected chi connectivity index (χ2v) is 18.1. The standard InChI is InChI=1S/C52H100O6/c1-5-8-10-12-14-16-18-20-21-23-29-33-37-41-45-52(55)58-49(46-56-50(53)43-39-35-31-27-22-19-17-15-13-11-9-6-2)47-57-51(54)44-40-36-32-28-25-24-26-30-34-38-42-48(4)7-3/h48-49H,5-47H2,1-4H3/t48?,49-/m1/s1. The van der Waals surface area contributed by atoms with E-state index in [1.54, 1.807) is 0 Å². The molecule has 0 aliphatic carbocycles. The lowest BCUT2D eigenvalue weighted by molar-refractivity contribution is -0.167. The van der Waals surface area contributed by atoms with E-state index < -0.39 is 6.10 Å². The molecule has 0 aliphatic rings. The van der Waals surface area contributed by atoms with Gasteiger partial charge in [0.2, 0.25) is 0 Å². The summed E-state index contributed by atoms with van der Waals surface area (Å²) in [4.78, 5) is 37.9. The third-order valence-corrected chi connectivity index (χ3v) is 12.2. The molecule has 0 N–H and O–H groups in total. The number of ether oxygens (including phenoxy) is 3. The molecule has 0 aromatic heterocycles. The van der Waals surface area contributed by atoms with Crippen LogP contribution in [0, 0.1) is 5.92 Å². The van der Waals surface area contributed by atoms with E-state index >= 15 is 0 Å². The maximum absolute atomic E-state index is 12.8. The molecule has 0 aliphatic heterocycles. The van der Waals surface area contributed by atoms with Crippen LogP contribution in [0.25, 0.3) is 0 Å². The molecular formula is C52H100O6. The number of hydrogen-bond donors (Lipinski definition) is 0. The molecule has 6 nitrogen and oxygen atoms in total. The van der Waals surface area contributed by atoms with E-state index in [4.69, 9.17) is 14.2 Å². The number of unbranched alkanes of at least 4 members (excludes halogenated alkanes) is 33. The first-order chi connectivity index (χ1) is 28.4. The van der Waals surface area contributed by atoms with Gasteiger partial charge in [-0.2, -0.15) is 0 Å². The maximum Gasteiger partial charge on any atom is 0.306 e. The van der Waals surface area contributed by atoms with Gasteiger partial charge in [-0.15, -0.1) is 0 Å². The van der Waals surface area contributed by atoms with Crippen LogP contribution >= 0.6 is 0 Å². The third kappa shape index (κ3) is 44.0. The van der Waals surface area contributed by atoms with E-state index in [9.17, 15) is 14.4 Å². The minimum atomic E-state index is -0.760. The van der Waals surface area contributed by atoms with Crippen molar-refractivity contribution < 1.29 is 28.6 Å². The van der Waals surface area contributed by atoms with Gasteiger partial charge in [-0.25, -0.2) is 0 Å². The summed E-state index contributed by atoms with van der Waals surface area (Å²) < 4.78 is 16.8. The molecule has 0 spiro atoms. The Morgan fingerprint density at radius 1 is 0.345 bits per heavy atom. The SMILES string of the molecule is CCCCCCCCCCCCCCCCC(=O)O[C@H](COC(=O)CCCCCCCCCCCCCC)COC(=O)CCCCCCCCCCCCC(C)CC. The average Bonchev–Trinajstić information content (AvgIpc) is 3.22. The highest BCUT2D eigenvalue weighted by atomic mass is 16.6. The molecule has 0 saturated carbocycles. The van der Waals surface area contributed by atoms with Crippen LogP contribution in [0.4, 0.5) is 0 Å². The van der Waals surface area contributed by atoms with Crippen molar-refractivity contribution in [3.63, 3.8) is 0 Å². The molecule has 0 heterocycles. The van der Waals surface area contributed by atoms with E-state index in [0.717, 1.165) is 63.7 Å². The van der Waals surface area contributed by atoms with Gasteiger partial charge in [0.25, 0.3) is 0 Å². The van der Waals surface area contributed by atoms with Crippen molar-refractivity contribution in [2.75, 3.05) is 13.2 Å². The van der Waals surface area contributed by atoms with Gasteiger partial charge in [0, 0.05) is 19.3 Å². The van der Waals surface area contributed by atoms with E-state index in [1.165, 1.54) is 186 Å². The van der Waals surface area contributed by atoms with Gasteiger partial charge in [-0.1, -0.05) is 252 Å². The molecule has 0 bridgehead atoms. The first kappa shape index (κ1) is 56.4. The summed E-state index contributed by atoms with van der Waals surface area (Å²) >= 11 is 0. The fourth-order valence-electron chi connectivity index (χ4n) is 7.83. The number of carbonyl (C=O) groups excluding carboxylic acids is 3. The number of esters is 3. The molecule has 0 radical (unpaired) electrons. The van der Waals surface area contributed by atoms with Crippen LogP contribution < -0.4 is 0 Å². The Balaban J connectivity index is 4.32. The first-order valence-corrected chi connectivity index (χ1v) is 25.9. The molecule has 1 unspecified atom stereocenters. The largest absolute Gasteiger partial charge is 0.462 e. The van der Waals surface area contributed by atoms with Crippen molar-refractivity contribution in [1.29, 1.82) is 0 Å². The van der Waals surface area contributed by atoms with Gasteiger partial charge in [0.15, 0.2) is 6.10 Å². The first-order valence-electron chi connectivity index (χ1n) is 25.9. The van der Waals surface area contributed by atoms with E-state index in [1.807, 2.05) is 0 Å². The molecule has 2 atom stereocenters. The summed E-state index contributed by atoms with van der Waals surface area (Å²) in [6, 6.07) is 0. The number of rotatable bonds is 47. The fourth-order valence-corrected chi connectivity index (χ4v) is 7.83. The van der Waals surface area contributed by atoms with E-state index in [0.29, 0.717) is 19.3 Å². The Kier molecular flexibility index (Phi) is 45.2. The van der Waals surface area contributed by atoms with Crippen LogP contribution in [0.3, 0.4) is 0 Å². The Morgan fingerprint density at radius 2 is 0.603 bits per heavy atom. The van der Waals surface area contributed by atoms with Crippen LogP contribution in [-0.4, -0.2) is 37.2 Å². The molecular weight excluding hydrogens is 721 g/mol. The monoisotopic (exact) mass is 821 g/mol. The summed E-state index contributed by atoms with van der Waals surface area (Å²) in [6.45, 7) is 9.05. The highest BCUT2D eigenvalue weighted by molar-refractivity contribution is 5.71. The lowest BCUT2D eigenvalue weighted by Gasteiger charge is -2.18. The molecule has 0 aromatic carbocycles. The normalized spacial score (nSPS) is 12.4. The van der Waals surface area contributed by atoms with Crippen molar-refractivity contribution in [3.8, 4) is 0 Å². The van der Waals surface area contributed by atoms with Gasteiger partial charge in [-0.3, -0.25) is 14.4 Å². The van der Waals surface area contributed by atoms with Crippen molar-refractivity contribution in [1.82, 2.24) is 0 Å². The zero-order valence-electron chi connectivity index (χ0n) is 39.5. The molecule has 0 fully saturated rings. The quantitative estimate of drug-likeness (QED) is 0.0346. The second kappa shape index (κ2) is 46.5. The zero-order valence-corrected chi connectivity index (χ0v) is 39.5. The molecule has 0 amide bonds. The summed E-state index contributed by atoms with van der Waals surface area (Å²) in [5.74, 6) is 0.0255. The lowest BCUT2D eigenvalue weighted by Crippen LogP contribution is -2.30. The van der Waals surface area contributed by atoms with Crippen LogP contribution in [-0.2, 0) is 28.6 Å². The van der Waals surface area contributed by atoms with Crippen LogP contribution in [0.5, 0.6) is 0 Å². The lowest BCUT2D eigenvalue weighted by atomic mass is 9.99. The van der Waals surface area contributed by atoms with Gasteiger partial charge in [0.1, 0.15) is 13.2 Å². The highest BCUT2D eigenvalue weighted by Gasteiger charge is 2.19. The Morgan fingerprint density at radius 3 is 0.897 bits per heavy atom. The van der Waals surface area contributed by atoms with Gasteiger partial charge in [0.05, 0.1) is 0 Å². The highest BCUT2D eigenvalue weighted by Crippen LogP contribution is 2.17. The predicted octanol–water partition coefficient (Wildman–Crippen LogP) is 16.7. The zero-order chi connectivity index (χ0) is 42.4. The van der Waals surface area contributed by atoms with Crippen molar-refractivity contribution in [3.05, 3.63) is 0 Å². The average molecular weight is 821 g/mol. The third-order valence-electron chi connectivity index (χ3n) is 12.2. The van der Waals surface area contributed by atoms with E-state index in [2.05, 4.69) is 27.7 Å². The summed E-state index contributed by atoms with van der Waals surface area (Å²) in [6.07, 6.45) is 47.9. The second-order valence-electron chi connectivity index (χ2n) is 18.1. The van der Waals surface area contributed by atoms with Crippen LogP contribution in [0.1, 0.15) is 291 Å². The number of hydrogen-bond acceptors (Lipinski definition) is 6. The number of carbonyl (C=O) groups is 3. The molecule has 0 saturated heterocycles. The summed E-state index contributed by atoms with van der Waals surface area (Å²) in [7, 11) is 0. The minimum Gasteiger partial charge on any atom is -0.462 e. The van der Waals surface area contributed by atoms with Crippen LogP contribution in [0.15, 0.2) is 0 Å².